The molecule has 0 aliphatic carbocycles. The molecule has 0 unspecified atom stereocenters. The van der Waals surface area contributed by atoms with E-state index in [0.717, 1.165) is 11.3 Å². The molecule has 0 saturated carbocycles. The van der Waals surface area contributed by atoms with Gasteiger partial charge in [0.25, 0.3) is 15.9 Å². The summed E-state index contributed by atoms with van der Waals surface area (Å²) in [5.74, 6) is 1.38. The second-order valence-corrected chi connectivity index (χ2v) is 12.2. The highest BCUT2D eigenvalue weighted by Gasteiger charge is 2.27. The van der Waals surface area contributed by atoms with Crippen molar-refractivity contribution in [2.75, 3.05) is 17.8 Å². The molecule has 0 radical (unpaired) electrons. The summed E-state index contributed by atoms with van der Waals surface area (Å²) in [6.45, 7) is 2.97. The van der Waals surface area contributed by atoms with E-state index in [1.807, 2.05) is 31.2 Å². The molecule has 1 N–H and O–H groups in total. The third-order valence-corrected chi connectivity index (χ3v) is 8.64. The van der Waals surface area contributed by atoms with E-state index in [9.17, 15) is 13.2 Å². The maximum atomic E-state index is 13.5. The third-order valence-electron chi connectivity index (χ3n) is 6.71. The second kappa shape index (κ2) is 12.4. The average molecular weight is 612 g/mol. The number of nitrogens with zero attached hydrogens (tertiary/aromatic N) is 1. The highest BCUT2D eigenvalue weighted by atomic mass is 35.5. The number of sulfonamides is 1. The third kappa shape index (κ3) is 7.14. The number of nitrogens with one attached hydrogen (secondary N) is 1. The van der Waals surface area contributed by atoms with Crippen molar-refractivity contribution in [2.24, 2.45) is 0 Å². The van der Waals surface area contributed by atoms with E-state index >= 15 is 0 Å². The molecule has 1 aliphatic rings. The SMILES string of the molecule is Cc1ccc(OC2CCN(C(=O)c3cc(Cl)ccc3NS(=O)(=O)c3ccc(Oc4ccccc4Cl)cc3)CC2)cc1. The van der Waals surface area contributed by atoms with E-state index in [1.165, 1.54) is 36.4 Å². The zero-order valence-electron chi connectivity index (χ0n) is 22.2. The van der Waals surface area contributed by atoms with Gasteiger partial charge in [-0.15, -0.1) is 0 Å². The molecule has 0 aromatic heterocycles. The topological polar surface area (TPSA) is 84.9 Å². The molecule has 41 heavy (non-hydrogen) atoms. The van der Waals surface area contributed by atoms with Crippen LogP contribution in [-0.4, -0.2) is 38.4 Å². The number of carbonyl (C=O) groups is 1. The van der Waals surface area contributed by atoms with Gasteiger partial charge in [0, 0.05) is 31.0 Å². The lowest BCUT2D eigenvalue weighted by Gasteiger charge is -2.32. The van der Waals surface area contributed by atoms with Crippen molar-refractivity contribution < 1.29 is 22.7 Å². The van der Waals surface area contributed by atoms with Gasteiger partial charge in [-0.05, 0) is 73.7 Å². The summed E-state index contributed by atoms with van der Waals surface area (Å²) >= 11 is 12.4. The first-order valence-corrected chi connectivity index (χ1v) is 15.3. The first-order chi connectivity index (χ1) is 19.7. The summed E-state index contributed by atoms with van der Waals surface area (Å²) in [5.41, 5.74) is 1.48. The molecule has 0 atom stereocenters. The minimum atomic E-state index is -4.02. The Morgan fingerprint density at radius 2 is 1.54 bits per heavy atom. The summed E-state index contributed by atoms with van der Waals surface area (Å²) in [7, 11) is -4.02. The van der Waals surface area contributed by atoms with Crippen LogP contribution in [0.15, 0.2) is 95.9 Å². The summed E-state index contributed by atoms with van der Waals surface area (Å²) in [6, 6.07) is 25.3. The van der Waals surface area contributed by atoms with Crippen molar-refractivity contribution >= 4 is 44.8 Å². The van der Waals surface area contributed by atoms with Crippen LogP contribution in [0, 0.1) is 6.92 Å². The quantitative estimate of drug-likeness (QED) is 0.222. The summed E-state index contributed by atoms with van der Waals surface area (Å²) in [4.78, 5) is 15.2. The van der Waals surface area contributed by atoms with Gasteiger partial charge in [0.05, 0.1) is 21.2 Å². The zero-order valence-corrected chi connectivity index (χ0v) is 24.5. The molecule has 0 spiro atoms. The van der Waals surface area contributed by atoms with E-state index in [-0.39, 0.29) is 28.2 Å². The second-order valence-electron chi connectivity index (χ2n) is 9.72. The van der Waals surface area contributed by atoms with Crippen LogP contribution >= 0.6 is 23.2 Å². The largest absolute Gasteiger partial charge is 0.490 e. The molecule has 4 aromatic carbocycles. The lowest BCUT2D eigenvalue weighted by Crippen LogP contribution is -2.42. The monoisotopic (exact) mass is 610 g/mol. The van der Waals surface area contributed by atoms with Crippen LogP contribution in [0.3, 0.4) is 0 Å². The van der Waals surface area contributed by atoms with Crippen LogP contribution in [0.2, 0.25) is 10.0 Å². The zero-order chi connectivity index (χ0) is 29.0. The van der Waals surface area contributed by atoms with Crippen molar-refractivity contribution in [3.8, 4) is 17.2 Å². The Balaban J connectivity index is 1.26. The van der Waals surface area contributed by atoms with Crippen molar-refractivity contribution in [2.45, 2.75) is 30.8 Å². The Labute approximate surface area is 249 Å². The van der Waals surface area contributed by atoms with Gasteiger partial charge in [-0.1, -0.05) is 53.0 Å². The molecule has 0 bridgehead atoms. The fraction of sp³-hybridized carbons (Fsp3) is 0.194. The Bertz CT molecular complexity index is 1640. The number of anilines is 1. The van der Waals surface area contributed by atoms with E-state index in [1.54, 1.807) is 35.2 Å². The Kier molecular flexibility index (Phi) is 8.73. The number of hydrogen-bond acceptors (Lipinski definition) is 5. The first-order valence-electron chi connectivity index (χ1n) is 13.1. The number of likely N-dealkylation sites (tertiary alicyclic amines) is 1. The Hall–Kier alpha value is -3.72. The molecule has 5 rings (SSSR count). The van der Waals surface area contributed by atoms with Crippen LogP contribution in [0.25, 0.3) is 0 Å². The smallest absolute Gasteiger partial charge is 0.261 e. The molecule has 1 amide bonds. The Morgan fingerprint density at radius 3 is 2.22 bits per heavy atom. The van der Waals surface area contributed by atoms with Gasteiger partial charge in [0.1, 0.15) is 23.4 Å². The number of halogens is 2. The van der Waals surface area contributed by atoms with Crippen LogP contribution in [0.4, 0.5) is 5.69 Å². The van der Waals surface area contributed by atoms with Crippen molar-refractivity contribution in [1.82, 2.24) is 4.90 Å². The molecule has 7 nitrogen and oxygen atoms in total. The number of piperidine rings is 1. The number of ether oxygens (including phenoxy) is 2. The predicted octanol–water partition coefficient (Wildman–Crippen LogP) is 7.58. The maximum absolute atomic E-state index is 13.5. The van der Waals surface area contributed by atoms with Crippen LogP contribution in [0.1, 0.15) is 28.8 Å². The fourth-order valence-electron chi connectivity index (χ4n) is 4.48. The van der Waals surface area contributed by atoms with Crippen molar-refractivity contribution in [1.29, 1.82) is 0 Å². The van der Waals surface area contributed by atoms with E-state index < -0.39 is 10.0 Å². The highest BCUT2D eigenvalue weighted by Crippen LogP contribution is 2.31. The van der Waals surface area contributed by atoms with Gasteiger partial charge < -0.3 is 14.4 Å². The normalized spacial score (nSPS) is 14.0. The van der Waals surface area contributed by atoms with E-state index in [0.29, 0.717) is 47.5 Å². The summed E-state index contributed by atoms with van der Waals surface area (Å²) in [5, 5.41) is 0.767. The van der Waals surface area contributed by atoms with Gasteiger partial charge >= 0.3 is 0 Å². The van der Waals surface area contributed by atoms with Crippen molar-refractivity contribution in [3.63, 3.8) is 0 Å². The predicted molar refractivity (Wildman–Crippen MR) is 161 cm³/mol. The van der Waals surface area contributed by atoms with Gasteiger partial charge in [-0.25, -0.2) is 8.42 Å². The van der Waals surface area contributed by atoms with Gasteiger partial charge in [0.2, 0.25) is 0 Å². The molecule has 1 fully saturated rings. The van der Waals surface area contributed by atoms with E-state index in [2.05, 4.69) is 4.72 Å². The summed E-state index contributed by atoms with van der Waals surface area (Å²) < 4.78 is 40.9. The van der Waals surface area contributed by atoms with Crippen LogP contribution in [0.5, 0.6) is 17.2 Å². The number of hydrogen-bond donors (Lipinski definition) is 1. The van der Waals surface area contributed by atoms with E-state index in [4.69, 9.17) is 32.7 Å². The molecule has 1 aliphatic heterocycles. The Morgan fingerprint density at radius 1 is 0.878 bits per heavy atom. The minimum absolute atomic E-state index is 0.00595. The lowest BCUT2D eigenvalue weighted by molar-refractivity contribution is 0.0596. The molecule has 1 saturated heterocycles. The summed E-state index contributed by atoms with van der Waals surface area (Å²) in [6.07, 6.45) is 1.30. The molecule has 212 valence electrons. The van der Waals surface area contributed by atoms with Crippen LogP contribution in [-0.2, 0) is 10.0 Å². The number of amides is 1. The molecular weight excluding hydrogens is 583 g/mol. The number of carbonyl (C=O) groups excluding carboxylic acids is 1. The number of para-hydroxylation sites is 1. The van der Waals surface area contributed by atoms with Gasteiger partial charge in [0.15, 0.2) is 0 Å². The number of aryl methyl sites for hydroxylation is 1. The highest BCUT2D eigenvalue weighted by molar-refractivity contribution is 7.92. The van der Waals surface area contributed by atoms with Crippen LogP contribution < -0.4 is 14.2 Å². The fourth-order valence-corrected chi connectivity index (χ4v) is 5.91. The van der Waals surface area contributed by atoms with Crippen molar-refractivity contribution in [3.05, 3.63) is 112 Å². The maximum Gasteiger partial charge on any atom is 0.261 e. The van der Waals surface area contributed by atoms with Gasteiger partial charge in [-0.3, -0.25) is 9.52 Å². The number of benzene rings is 4. The lowest BCUT2D eigenvalue weighted by atomic mass is 10.1. The molecule has 10 heteroatoms. The standard InChI is InChI=1S/C31H28Cl2N2O5S/c1-21-6-9-23(10-7-21)39-25-16-18-35(19-17-25)31(36)27-20-22(32)8-15-29(27)34-41(37,38)26-13-11-24(12-14-26)40-30-5-3-2-4-28(30)33/h2-15,20,25,34H,16-19H2,1H3. The average Bonchev–Trinajstić information content (AvgIpc) is 2.97. The minimum Gasteiger partial charge on any atom is -0.490 e. The molecular formula is C31H28Cl2N2O5S. The first kappa shape index (κ1) is 28.8. The molecule has 1 heterocycles. The molecule has 4 aromatic rings. The number of rotatable bonds is 8. The van der Waals surface area contributed by atoms with Gasteiger partial charge in [-0.2, -0.15) is 0 Å².